The van der Waals surface area contributed by atoms with Gasteiger partial charge in [-0.05, 0) is 51.5 Å². The Hall–Kier alpha value is -2.44. The summed E-state index contributed by atoms with van der Waals surface area (Å²) in [6, 6.07) is 1.89. The Bertz CT molecular complexity index is 819. The van der Waals surface area contributed by atoms with Crippen LogP contribution in [0.3, 0.4) is 0 Å². The predicted molar refractivity (Wildman–Crippen MR) is 98.0 cm³/mol. The van der Waals surface area contributed by atoms with Crippen LogP contribution in [0.4, 0.5) is 0 Å². The number of nitrogens with one attached hydrogen (secondary N) is 1. The number of pyridine rings is 1. The number of rotatable bonds is 5. The molecule has 3 rings (SSSR count). The first-order valence-corrected chi connectivity index (χ1v) is 9.25. The lowest BCUT2D eigenvalue weighted by atomic mass is 9.75. The summed E-state index contributed by atoms with van der Waals surface area (Å²) in [4.78, 5) is 29.0. The van der Waals surface area contributed by atoms with E-state index in [0.29, 0.717) is 30.0 Å². The Morgan fingerprint density at radius 1 is 1.35 bits per heavy atom. The Balaban J connectivity index is 1.82. The number of aliphatic carboxylic acids is 1. The maximum absolute atomic E-state index is 12.7. The van der Waals surface area contributed by atoms with Gasteiger partial charge in [-0.1, -0.05) is 13.3 Å². The fraction of sp³-hybridized carbons (Fsp3) is 0.579. The molecule has 140 valence electrons. The first-order valence-electron chi connectivity index (χ1n) is 9.25. The maximum Gasteiger partial charge on any atom is 0.329 e. The maximum atomic E-state index is 12.7. The van der Waals surface area contributed by atoms with Crippen LogP contribution in [0.25, 0.3) is 11.0 Å². The summed E-state index contributed by atoms with van der Waals surface area (Å²) in [6.07, 6.45) is 6.79. The summed E-state index contributed by atoms with van der Waals surface area (Å²) in [6.45, 7) is 6.14. The standard InChI is InChI=1S/C19H26N4O3/c1-4-13-5-7-19(8-6-13,18(25)26)22-17(24)15-9-14-11-21-23(12(2)3)16(14)20-10-15/h9-13H,4-8H2,1-3H3,(H,22,24)(H,25,26). The molecule has 0 spiro atoms. The lowest BCUT2D eigenvalue weighted by Gasteiger charge is -2.37. The zero-order valence-electron chi connectivity index (χ0n) is 15.5. The molecule has 2 aromatic heterocycles. The van der Waals surface area contributed by atoms with E-state index in [2.05, 4.69) is 22.3 Å². The van der Waals surface area contributed by atoms with Crippen molar-refractivity contribution in [2.75, 3.05) is 0 Å². The molecule has 0 bridgehead atoms. The second kappa shape index (κ2) is 7.05. The van der Waals surface area contributed by atoms with Crippen LogP contribution in [0.1, 0.15) is 69.3 Å². The molecule has 1 aliphatic carbocycles. The number of aromatic nitrogens is 3. The zero-order chi connectivity index (χ0) is 18.9. The van der Waals surface area contributed by atoms with Crippen molar-refractivity contribution in [2.24, 2.45) is 5.92 Å². The molecule has 0 unspecified atom stereocenters. The molecule has 0 atom stereocenters. The highest BCUT2D eigenvalue weighted by Gasteiger charge is 2.43. The number of fused-ring (bicyclic) bond motifs is 1. The van der Waals surface area contributed by atoms with Crippen molar-refractivity contribution in [1.82, 2.24) is 20.1 Å². The van der Waals surface area contributed by atoms with Gasteiger partial charge < -0.3 is 10.4 Å². The third kappa shape index (κ3) is 3.30. The van der Waals surface area contributed by atoms with Crippen molar-refractivity contribution in [1.29, 1.82) is 0 Å². The van der Waals surface area contributed by atoms with Crippen molar-refractivity contribution in [3.8, 4) is 0 Å². The minimum absolute atomic E-state index is 0.170. The number of carboxylic acids is 1. The van der Waals surface area contributed by atoms with Gasteiger partial charge in [-0.25, -0.2) is 14.5 Å². The summed E-state index contributed by atoms with van der Waals surface area (Å²) in [5.41, 5.74) is -0.105. The molecule has 7 heteroatoms. The van der Waals surface area contributed by atoms with Crippen LogP contribution in [-0.2, 0) is 4.79 Å². The van der Waals surface area contributed by atoms with E-state index >= 15 is 0 Å². The van der Waals surface area contributed by atoms with Crippen LogP contribution in [0.5, 0.6) is 0 Å². The average Bonchev–Trinajstić information content (AvgIpc) is 3.05. The molecular formula is C19H26N4O3. The third-order valence-corrected chi connectivity index (χ3v) is 5.48. The Morgan fingerprint density at radius 2 is 2.04 bits per heavy atom. The molecule has 0 saturated heterocycles. The van der Waals surface area contributed by atoms with Crippen LogP contribution >= 0.6 is 0 Å². The van der Waals surface area contributed by atoms with Crippen LogP contribution in [-0.4, -0.2) is 37.3 Å². The van der Waals surface area contributed by atoms with Crippen LogP contribution in [0.15, 0.2) is 18.5 Å². The molecule has 0 aromatic carbocycles. The Kier molecular flexibility index (Phi) is 4.98. The summed E-state index contributed by atoms with van der Waals surface area (Å²) >= 11 is 0. The van der Waals surface area contributed by atoms with E-state index in [9.17, 15) is 14.7 Å². The summed E-state index contributed by atoms with van der Waals surface area (Å²) < 4.78 is 1.79. The summed E-state index contributed by atoms with van der Waals surface area (Å²) in [5, 5.41) is 17.6. The minimum Gasteiger partial charge on any atom is -0.480 e. The van der Waals surface area contributed by atoms with Crippen molar-refractivity contribution in [2.45, 2.75) is 64.5 Å². The SMILES string of the molecule is CCC1CCC(NC(=O)c2cnc3c(cnn3C(C)C)c2)(C(=O)O)CC1. The third-order valence-electron chi connectivity index (χ3n) is 5.48. The smallest absolute Gasteiger partial charge is 0.329 e. The van der Waals surface area contributed by atoms with Crippen LogP contribution < -0.4 is 5.32 Å². The number of carboxylic acid groups (broad SMARTS) is 1. The highest BCUT2D eigenvalue weighted by Crippen LogP contribution is 2.34. The van der Waals surface area contributed by atoms with E-state index in [-0.39, 0.29) is 6.04 Å². The van der Waals surface area contributed by atoms with Gasteiger partial charge in [0.1, 0.15) is 5.54 Å². The topological polar surface area (TPSA) is 97.1 Å². The molecule has 1 amide bonds. The van der Waals surface area contributed by atoms with E-state index < -0.39 is 17.4 Å². The Labute approximate surface area is 152 Å². The normalized spacial score (nSPS) is 23.3. The highest BCUT2D eigenvalue weighted by atomic mass is 16.4. The molecular weight excluding hydrogens is 332 g/mol. The summed E-state index contributed by atoms with van der Waals surface area (Å²) in [5.74, 6) is -0.810. The second-order valence-corrected chi connectivity index (χ2v) is 7.51. The van der Waals surface area contributed by atoms with Crippen LogP contribution in [0.2, 0.25) is 0 Å². The van der Waals surface area contributed by atoms with E-state index in [1.54, 1.807) is 16.9 Å². The molecule has 1 saturated carbocycles. The highest BCUT2D eigenvalue weighted by molar-refractivity contribution is 5.99. The van der Waals surface area contributed by atoms with Crippen molar-refractivity contribution >= 4 is 22.9 Å². The van der Waals surface area contributed by atoms with Gasteiger partial charge in [0.2, 0.25) is 0 Å². The van der Waals surface area contributed by atoms with Gasteiger partial charge in [0.05, 0.1) is 11.8 Å². The molecule has 26 heavy (non-hydrogen) atoms. The lowest BCUT2D eigenvalue weighted by molar-refractivity contribution is -0.146. The minimum atomic E-state index is -1.18. The number of carbonyl (C=O) groups is 2. The van der Waals surface area contributed by atoms with Crippen LogP contribution in [0, 0.1) is 5.92 Å². The fourth-order valence-electron chi connectivity index (χ4n) is 3.70. The molecule has 2 aromatic rings. The Morgan fingerprint density at radius 3 is 2.62 bits per heavy atom. The van der Waals surface area contributed by atoms with Gasteiger partial charge in [0, 0.05) is 17.6 Å². The number of hydrogen-bond acceptors (Lipinski definition) is 4. The van der Waals surface area contributed by atoms with Gasteiger partial charge >= 0.3 is 5.97 Å². The largest absolute Gasteiger partial charge is 0.480 e. The van der Waals surface area contributed by atoms with Gasteiger partial charge in [0.15, 0.2) is 5.65 Å². The number of amides is 1. The van der Waals surface area contributed by atoms with E-state index in [0.717, 1.165) is 24.6 Å². The number of carbonyl (C=O) groups excluding carboxylic acids is 1. The fourth-order valence-corrected chi connectivity index (χ4v) is 3.70. The monoisotopic (exact) mass is 358 g/mol. The van der Waals surface area contributed by atoms with Gasteiger partial charge in [-0.15, -0.1) is 0 Å². The van der Waals surface area contributed by atoms with Crippen molar-refractivity contribution < 1.29 is 14.7 Å². The molecule has 2 N–H and O–H groups in total. The van der Waals surface area contributed by atoms with E-state index in [4.69, 9.17) is 0 Å². The number of nitrogens with zero attached hydrogens (tertiary/aromatic N) is 3. The first-order chi connectivity index (χ1) is 12.4. The zero-order valence-corrected chi connectivity index (χ0v) is 15.5. The average molecular weight is 358 g/mol. The second-order valence-electron chi connectivity index (χ2n) is 7.51. The quantitative estimate of drug-likeness (QED) is 0.856. The van der Waals surface area contributed by atoms with Gasteiger partial charge in [-0.3, -0.25) is 4.79 Å². The molecule has 7 nitrogen and oxygen atoms in total. The molecule has 0 radical (unpaired) electrons. The van der Waals surface area contributed by atoms with E-state index in [1.807, 2.05) is 13.8 Å². The summed E-state index contributed by atoms with van der Waals surface area (Å²) in [7, 11) is 0. The van der Waals surface area contributed by atoms with Gasteiger partial charge in [-0.2, -0.15) is 5.10 Å². The van der Waals surface area contributed by atoms with Crippen molar-refractivity contribution in [3.05, 3.63) is 24.0 Å². The lowest BCUT2D eigenvalue weighted by Crippen LogP contribution is -2.56. The van der Waals surface area contributed by atoms with E-state index in [1.165, 1.54) is 6.20 Å². The predicted octanol–water partition coefficient (Wildman–Crippen LogP) is 3.17. The van der Waals surface area contributed by atoms with Crippen molar-refractivity contribution in [3.63, 3.8) is 0 Å². The molecule has 2 heterocycles. The number of hydrogen-bond donors (Lipinski definition) is 2. The molecule has 0 aliphatic heterocycles. The first kappa shape index (κ1) is 18.4. The molecule has 1 aliphatic rings. The molecule has 1 fully saturated rings. The van der Waals surface area contributed by atoms with Gasteiger partial charge in [0.25, 0.3) is 5.91 Å².